The lowest BCUT2D eigenvalue weighted by Crippen LogP contribution is -2.37. The molecule has 9 heteroatoms. The Morgan fingerprint density at radius 1 is 1.21 bits per heavy atom. The Morgan fingerprint density at radius 3 is 2.21 bits per heavy atom. The Bertz CT molecular complexity index is 474. The number of hydrogen-bond donors (Lipinski definition) is 1. The van der Waals surface area contributed by atoms with Crippen molar-refractivity contribution in [2.75, 3.05) is 0 Å². The topological polar surface area (TPSA) is 63.4 Å². The largest absolute Gasteiger partial charge is 0.453 e. The zero-order valence-electron chi connectivity index (χ0n) is 9.19. The Labute approximate surface area is 103 Å². The molecule has 0 radical (unpaired) electrons. The number of halogens is 5. The molecule has 0 saturated carbocycles. The summed E-state index contributed by atoms with van der Waals surface area (Å²) < 4.78 is 61.4. The van der Waals surface area contributed by atoms with E-state index in [0.717, 1.165) is 12.1 Å². The highest BCUT2D eigenvalue weighted by Crippen LogP contribution is 2.42. The second kappa shape index (κ2) is 5.08. The van der Waals surface area contributed by atoms with Crippen LogP contribution in [0.1, 0.15) is 18.1 Å². The molecule has 0 spiro atoms. The third-order valence-electron chi connectivity index (χ3n) is 2.36. The smallest absolute Gasteiger partial charge is 0.388 e. The number of para-hydroxylation sites is 1. The van der Waals surface area contributed by atoms with E-state index in [1.165, 1.54) is 12.1 Å². The van der Waals surface area contributed by atoms with Gasteiger partial charge in [-0.1, -0.05) is 12.1 Å². The molecular weight excluding hydrogens is 277 g/mol. The molecule has 1 rings (SSSR count). The minimum Gasteiger partial charge on any atom is -0.388 e. The predicted octanol–water partition coefficient (Wildman–Crippen LogP) is 3.22. The van der Waals surface area contributed by atoms with Crippen molar-refractivity contribution in [1.82, 2.24) is 0 Å². The van der Waals surface area contributed by atoms with Crippen LogP contribution in [0.2, 0.25) is 0 Å². The normalized spacial score (nSPS) is 14.2. The van der Waals surface area contributed by atoms with E-state index in [1.807, 2.05) is 0 Å². The fraction of sp³-hybridized carbons (Fsp3) is 0.400. The van der Waals surface area contributed by atoms with Crippen LogP contribution < -0.4 is 0 Å². The maximum absolute atomic E-state index is 12.7. The summed E-state index contributed by atoms with van der Waals surface area (Å²) in [5.74, 6) is -5.13. The van der Waals surface area contributed by atoms with Crippen LogP contribution in [0.15, 0.2) is 24.3 Å². The van der Waals surface area contributed by atoms with Gasteiger partial charge in [0.2, 0.25) is 0 Å². The molecule has 0 fully saturated rings. The Morgan fingerprint density at radius 2 is 1.74 bits per heavy atom. The van der Waals surface area contributed by atoms with E-state index in [9.17, 15) is 37.2 Å². The molecule has 0 aliphatic rings. The summed E-state index contributed by atoms with van der Waals surface area (Å²) in [7, 11) is 0. The average molecular weight is 285 g/mol. The van der Waals surface area contributed by atoms with Gasteiger partial charge in [-0.25, -0.2) is 0 Å². The van der Waals surface area contributed by atoms with E-state index in [2.05, 4.69) is 0 Å². The summed E-state index contributed by atoms with van der Waals surface area (Å²) in [4.78, 5) is 9.61. The van der Waals surface area contributed by atoms with Crippen LogP contribution >= 0.6 is 0 Å². The minimum absolute atomic E-state index is 0.587. The monoisotopic (exact) mass is 285 g/mol. The molecule has 1 atom stereocenters. The van der Waals surface area contributed by atoms with Gasteiger partial charge in [-0.3, -0.25) is 10.1 Å². The minimum atomic E-state index is -5.82. The van der Waals surface area contributed by atoms with Crippen LogP contribution in [0.25, 0.3) is 0 Å². The highest BCUT2D eigenvalue weighted by Gasteiger charge is 2.58. The Kier molecular flexibility index (Phi) is 4.09. The number of alkyl halides is 5. The highest BCUT2D eigenvalue weighted by atomic mass is 19.4. The van der Waals surface area contributed by atoms with Crippen molar-refractivity contribution in [3.05, 3.63) is 39.9 Å². The fourth-order valence-electron chi connectivity index (χ4n) is 1.40. The summed E-state index contributed by atoms with van der Waals surface area (Å²) >= 11 is 0. The molecule has 0 aliphatic heterocycles. The maximum Gasteiger partial charge on any atom is 0.453 e. The SMILES string of the molecule is O=[N+]([O-])c1ccccc1C(O)CC(F)(F)C(F)(F)F. The summed E-state index contributed by atoms with van der Waals surface area (Å²) in [5.41, 5.74) is -1.30. The van der Waals surface area contributed by atoms with Crippen molar-refractivity contribution in [3.63, 3.8) is 0 Å². The van der Waals surface area contributed by atoms with E-state index in [1.54, 1.807) is 0 Å². The first kappa shape index (κ1) is 15.3. The lowest BCUT2D eigenvalue weighted by atomic mass is 10.0. The zero-order chi connectivity index (χ0) is 14.8. The quantitative estimate of drug-likeness (QED) is 0.525. The van der Waals surface area contributed by atoms with Gasteiger partial charge in [-0.2, -0.15) is 22.0 Å². The first-order valence-corrected chi connectivity index (χ1v) is 4.92. The number of aliphatic hydroxyl groups is 1. The van der Waals surface area contributed by atoms with E-state index in [0.29, 0.717) is 0 Å². The third-order valence-corrected chi connectivity index (χ3v) is 2.36. The van der Waals surface area contributed by atoms with Crippen LogP contribution in [0.3, 0.4) is 0 Å². The van der Waals surface area contributed by atoms with Gasteiger partial charge in [0.1, 0.15) is 0 Å². The molecule has 4 nitrogen and oxygen atoms in total. The van der Waals surface area contributed by atoms with E-state index < -0.39 is 40.8 Å². The van der Waals surface area contributed by atoms with Gasteiger partial charge >= 0.3 is 12.1 Å². The van der Waals surface area contributed by atoms with Crippen molar-refractivity contribution < 1.29 is 32.0 Å². The first-order chi connectivity index (χ1) is 8.56. The molecule has 0 amide bonds. The number of benzene rings is 1. The van der Waals surface area contributed by atoms with Gasteiger partial charge in [-0.15, -0.1) is 0 Å². The molecule has 1 aromatic rings. The lowest BCUT2D eigenvalue weighted by Gasteiger charge is -2.22. The number of aliphatic hydroxyl groups excluding tert-OH is 1. The average Bonchev–Trinajstić information content (AvgIpc) is 2.26. The number of hydrogen-bond acceptors (Lipinski definition) is 3. The number of nitro groups is 1. The molecule has 19 heavy (non-hydrogen) atoms. The van der Waals surface area contributed by atoms with Crippen molar-refractivity contribution in [2.24, 2.45) is 0 Å². The predicted molar refractivity (Wildman–Crippen MR) is 53.7 cm³/mol. The van der Waals surface area contributed by atoms with Crippen LogP contribution in [0.4, 0.5) is 27.6 Å². The van der Waals surface area contributed by atoms with Gasteiger partial charge in [0, 0.05) is 6.07 Å². The lowest BCUT2D eigenvalue weighted by molar-refractivity contribution is -0.386. The van der Waals surface area contributed by atoms with Gasteiger partial charge in [-0.05, 0) is 6.07 Å². The van der Waals surface area contributed by atoms with Crippen molar-refractivity contribution in [2.45, 2.75) is 24.6 Å². The van der Waals surface area contributed by atoms with Crippen molar-refractivity contribution in [3.8, 4) is 0 Å². The van der Waals surface area contributed by atoms with Crippen molar-refractivity contribution in [1.29, 1.82) is 0 Å². The summed E-state index contributed by atoms with van der Waals surface area (Å²) in [6, 6.07) is 4.23. The highest BCUT2D eigenvalue weighted by molar-refractivity contribution is 5.41. The Hall–Kier alpha value is -1.77. The second-order valence-electron chi connectivity index (χ2n) is 3.74. The molecule has 106 valence electrons. The number of nitro benzene ring substituents is 1. The second-order valence-corrected chi connectivity index (χ2v) is 3.74. The van der Waals surface area contributed by atoms with Crippen molar-refractivity contribution >= 4 is 5.69 Å². The van der Waals surface area contributed by atoms with Crippen LogP contribution in [-0.2, 0) is 0 Å². The number of rotatable bonds is 4. The standard InChI is InChI=1S/C10H8F5NO3/c11-9(12,10(13,14)15)5-8(17)6-3-1-2-4-7(6)16(18)19/h1-4,8,17H,5H2. The summed E-state index contributed by atoms with van der Waals surface area (Å²) in [6.45, 7) is 0. The molecule has 0 heterocycles. The molecule has 1 aromatic carbocycles. The molecule has 0 bridgehead atoms. The van der Waals surface area contributed by atoms with E-state index >= 15 is 0 Å². The Balaban J connectivity index is 3.03. The molecule has 0 aromatic heterocycles. The molecule has 1 N–H and O–H groups in total. The summed E-state index contributed by atoms with van der Waals surface area (Å²) in [5, 5.41) is 19.9. The summed E-state index contributed by atoms with van der Waals surface area (Å²) in [6.07, 6.45) is -10.1. The molecule has 0 aliphatic carbocycles. The van der Waals surface area contributed by atoms with Gasteiger partial charge in [0.05, 0.1) is 23.0 Å². The van der Waals surface area contributed by atoms with Gasteiger partial charge in [0.15, 0.2) is 0 Å². The first-order valence-electron chi connectivity index (χ1n) is 4.92. The maximum atomic E-state index is 12.7. The van der Waals surface area contributed by atoms with Gasteiger partial charge in [0.25, 0.3) is 5.69 Å². The fourth-order valence-corrected chi connectivity index (χ4v) is 1.40. The van der Waals surface area contributed by atoms with E-state index in [4.69, 9.17) is 0 Å². The zero-order valence-corrected chi connectivity index (χ0v) is 9.19. The molecule has 0 saturated heterocycles. The third kappa shape index (κ3) is 3.37. The van der Waals surface area contributed by atoms with E-state index in [-0.39, 0.29) is 0 Å². The van der Waals surface area contributed by atoms with Gasteiger partial charge < -0.3 is 5.11 Å². The van der Waals surface area contributed by atoms with Crippen LogP contribution in [0.5, 0.6) is 0 Å². The number of nitrogens with zero attached hydrogens (tertiary/aromatic N) is 1. The van der Waals surface area contributed by atoms with Crippen LogP contribution in [0, 0.1) is 10.1 Å². The molecular formula is C10H8F5NO3. The molecule has 1 unspecified atom stereocenters. The van der Waals surface area contributed by atoms with Crippen LogP contribution in [-0.4, -0.2) is 22.1 Å².